The van der Waals surface area contributed by atoms with Crippen LogP contribution in [0.25, 0.3) is 0 Å². The van der Waals surface area contributed by atoms with Crippen LogP contribution in [0.5, 0.6) is 11.5 Å². The van der Waals surface area contributed by atoms with Gasteiger partial charge >= 0.3 is 0 Å². The maximum Gasteiger partial charge on any atom is 0.123 e. The van der Waals surface area contributed by atoms with E-state index in [0.29, 0.717) is 0 Å². The van der Waals surface area contributed by atoms with E-state index in [-0.39, 0.29) is 12.4 Å². The van der Waals surface area contributed by atoms with Crippen LogP contribution in [0.4, 0.5) is 0 Å². The number of benzene rings is 1. The third-order valence-corrected chi connectivity index (χ3v) is 5.18. The van der Waals surface area contributed by atoms with Crippen LogP contribution < -0.4 is 14.8 Å². The van der Waals surface area contributed by atoms with E-state index in [1.165, 1.54) is 50.9 Å². The van der Waals surface area contributed by atoms with Crippen molar-refractivity contribution in [2.24, 2.45) is 5.92 Å². The summed E-state index contributed by atoms with van der Waals surface area (Å²) in [7, 11) is 3.45. The summed E-state index contributed by atoms with van der Waals surface area (Å²) < 4.78 is 10.8. The number of nitrogens with zero attached hydrogens (tertiary/aromatic N) is 1. The zero-order chi connectivity index (χ0) is 15.4. The molecular weight excluding hydrogens is 312 g/mol. The van der Waals surface area contributed by atoms with Crippen LogP contribution in [0, 0.1) is 5.92 Å². The SMILES string of the molecule is COc1ccc(OC)c(CN2CCC(C3CCCN3)CC2)c1.Cl. The number of rotatable bonds is 5. The average Bonchev–Trinajstić information content (AvgIpc) is 3.10. The first kappa shape index (κ1) is 18.4. The molecule has 0 bridgehead atoms. The highest BCUT2D eigenvalue weighted by atomic mass is 35.5. The summed E-state index contributed by atoms with van der Waals surface area (Å²) in [4.78, 5) is 2.54. The highest BCUT2D eigenvalue weighted by molar-refractivity contribution is 5.85. The van der Waals surface area contributed by atoms with Crippen molar-refractivity contribution < 1.29 is 9.47 Å². The van der Waals surface area contributed by atoms with Gasteiger partial charge in [-0.05, 0) is 69.4 Å². The molecule has 5 heteroatoms. The molecule has 2 fully saturated rings. The zero-order valence-corrected chi connectivity index (χ0v) is 15.0. The van der Waals surface area contributed by atoms with Gasteiger partial charge in [-0.1, -0.05) is 0 Å². The molecule has 1 atom stereocenters. The van der Waals surface area contributed by atoms with E-state index in [4.69, 9.17) is 9.47 Å². The number of halogens is 1. The smallest absolute Gasteiger partial charge is 0.123 e. The van der Waals surface area contributed by atoms with Crippen molar-refractivity contribution in [2.45, 2.75) is 38.3 Å². The van der Waals surface area contributed by atoms with E-state index in [2.05, 4.69) is 16.3 Å². The Labute approximate surface area is 145 Å². The molecule has 3 rings (SSSR count). The molecule has 0 saturated carbocycles. The first-order valence-electron chi connectivity index (χ1n) is 8.47. The Bertz CT molecular complexity index is 484. The van der Waals surface area contributed by atoms with Crippen molar-refractivity contribution in [3.05, 3.63) is 23.8 Å². The molecule has 0 aromatic heterocycles. The molecule has 2 aliphatic heterocycles. The molecule has 0 spiro atoms. The number of nitrogens with one attached hydrogen (secondary N) is 1. The fourth-order valence-electron chi connectivity index (χ4n) is 3.87. The van der Waals surface area contributed by atoms with Crippen molar-refractivity contribution in [1.82, 2.24) is 10.2 Å². The highest BCUT2D eigenvalue weighted by Crippen LogP contribution is 2.29. The van der Waals surface area contributed by atoms with Crippen LogP contribution in [0.3, 0.4) is 0 Å². The summed E-state index contributed by atoms with van der Waals surface area (Å²) in [5, 5.41) is 3.67. The Morgan fingerprint density at radius 1 is 1.13 bits per heavy atom. The summed E-state index contributed by atoms with van der Waals surface area (Å²) in [5.74, 6) is 2.73. The summed E-state index contributed by atoms with van der Waals surface area (Å²) in [6.45, 7) is 4.53. The molecular formula is C18H29ClN2O2. The van der Waals surface area contributed by atoms with Crippen LogP contribution in [0.1, 0.15) is 31.2 Å². The molecule has 4 nitrogen and oxygen atoms in total. The van der Waals surface area contributed by atoms with E-state index in [0.717, 1.165) is 30.0 Å². The van der Waals surface area contributed by atoms with Gasteiger partial charge in [0.05, 0.1) is 14.2 Å². The number of likely N-dealkylation sites (tertiary alicyclic amines) is 1. The van der Waals surface area contributed by atoms with Crippen molar-refractivity contribution in [3.8, 4) is 11.5 Å². The first-order chi connectivity index (χ1) is 10.8. The van der Waals surface area contributed by atoms with Crippen LogP contribution in [-0.4, -0.2) is 44.8 Å². The molecule has 1 N–H and O–H groups in total. The van der Waals surface area contributed by atoms with Crippen LogP contribution in [0.15, 0.2) is 18.2 Å². The summed E-state index contributed by atoms with van der Waals surface area (Å²) >= 11 is 0. The molecule has 1 aromatic rings. The minimum atomic E-state index is 0. The second-order valence-electron chi connectivity index (χ2n) is 6.49. The topological polar surface area (TPSA) is 33.7 Å². The quantitative estimate of drug-likeness (QED) is 0.893. The molecule has 1 aromatic carbocycles. The zero-order valence-electron chi connectivity index (χ0n) is 14.2. The van der Waals surface area contributed by atoms with E-state index in [1.54, 1.807) is 14.2 Å². The van der Waals surface area contributed by atoms with Gasteiger partial charge in [-0.15, -0.1) is 12.4 Å². The highest BCUT2D eigenvalue weighted by Gasteiger charge is 2.28. The largest absolute Gasteiger partial charge is 0.497 e. The minimum absolute atomic E-state index is 0. The van der Waals surface area contributed by atoms with E-state index in [9.17, 15) is 0 Å². The third kappa shape index (κ3) is 4.52. The lowest BCUT2D eigenvalue weighted by molar-refractivity contribution is 0.156. The molecule has 0 radical (unpaired) electrons. The molecule has 0 aliphatic carbocycles. The number of hydrogen-bond donors (Lipinski definition) is 1. The lowest BCUT2D eigenvalue weighted by atomic mass is 9.88. The normalized spacial score (nSPS) is 22.6. The lowest BCUT2D eigenvalue weighted by Gasteiger charge is -2.35. The molecule has 1 unspecified atom stereocenters. The molecule has 23 heavy (non-hydrogen) atoms. The second-order valence-corrected chi connectivity index (χ2v) is 6.49. The number of piperidine rings is 1. The van der Waals surface area contributed by atoms with Crippen molar-refractivity contribution >= 4 is 12.4 Å². The van der Waals surface area contributed by atoms with Gasteiger partial charge in [0.2, 0.25) is 0 Å². The van der Waals surface area contributed by atoms with Crippen molar-refractivity contribution in [3.63, 3.8) is 0 Å². The summed E-state index contributed by atoms with van der Waals surface area (Å²) in [5.41, 5.74) is 1.22. The van der Waals surface area contributed by atoms with Gasteiger partial charge in [-0.3, -0.25) is 4.90 Å². The summed E-state index contributed by atoms with van der Waals surface area (Å²) in [6, 6.07) is 6.83. The third-order valence-electron chi connectivity index (χ3n) is 5.18. The Hall–Kier alpha value is -0.970. The van der Waals surface area contributed by atoms with E-state index >= 15 is 0 Å². The Morgan fingerprint density at radius 2 is 1.91 bits per heavy atom. The second kappa shape index (κ2) is 8.76. The Balaban J connectivity index is 0.00000192. The van der Waals surface area contributed by atoms with Crippen molar-refractivity contribution in [1.29, 1.82) is 0 Å². The fraction of sp³-hybridized carbons (Fsp3) is 0.667. The van der Waals surface area contributed by atoms with Gasteiger partial charge in [0, 0.05) is 18.2 Å². The predicted octanol–water partition coefficient (Wildman–Crippen LogP) is 3.09. The maximum atomic E-state index is 5.50. The summed E-state index contributed by atoms with van der Waals surface area (Å²) in [6.07, 6.45) is 5.34. The van der Waals surface area contributed by atoms with Crippen LogP contribution in [-0.2, 0) is 6.54 Å². The molecule has 2 saturated heterocycles. The Morgan fingerprint density at radius 3 is 2.52 bits per heavy atom. The predicted molar refractivity (Wildman–Crippen MR) is 95.8 cm³/mol. The molecule has 2 aliphatic rings. The molecule has 130 valence electrons. The van der Waals surface area contributed by atoms with Gasteiger partial charge in [0.25, 0.3) is 0 Å². The van der Waals surface area contributed by atoms with Gasteiger partial charge in [0.15, 0.2) is 0 Å². The number of methoxy groups -OCH3 is 2. The fourth-order valence-corrected chi connectivity index (χ4v) is 3.87. The molecule has 2 heterocycles. The lowest BCUT2D eigenvalue weighted by Crippen LogP contribution is -2.40. The number of hydrogen-bond acceptors (Lipinski definition) is 4. The maximum absolute atomic E-state index is 5.50. The minimum Gasteiger partial charge on any atom is -0.497 e. The van der Waals surface area contributed by atoms with Gasteiger partial charge in [0.1, 0.15) is 11.5 Å². The van der Waals surface area contributed by atoms with Crippen LogP contribution >= 0.6 is 12.4 Å². The number of ether oxygens (including phenoxy) is 2. The Kier molecular flexibility index (Phi) is 7.00. The first-order valence-corrected chi connectivity index (χ1v) is 8.47. The van der Waals surface area contributed by atoms with Crippen molar-refractivity contribution in [2.75, 3.05) is 33.9 Å². The monoisotopic (exact) mass is 340 g/mol. The molecule has 0 amide bonds. The van der Waals surface area contributed by atoms with Gasteiger partial charge in [-0.2, -0.15) is 0 Å². The standard InChI is InChI=1S/C18H28N2O2.ClH/c1-21-16-5-6-18(22-2)15(12-16)13-20-10-7-14(8-11-20)17-4-3-9-19-17;/h5-6,12,14,17,19H,3-4,7-11,13H2,1-2H3;1H. The average molecular weight is 341 g/mol. The van der Waals surface area contributed by atoms with E-state index < -0.39 is 0 Å². The van der Waals surface area contributed by atoms with Gasteiger partial charge < -0.3 is 14.8 Å². The van der Waals surface area contributed by atoms with E-state index in [1.807, 2.05) is 12.1 Å². The van der Waals surface area contributed by atoms with Gasteiger partial charge in [-0.25, -0.2) is 0 Å². The van der Waals surface area contributed by atoms with Crippen LogP contribution in [0.2, 0.25) is 0 Å².